The number of nitrogens with zero attached hydrogens (tertiary/aromatic N) is 2. The predicted octanol–water partition coefficient (Wildman–Crippen LogP) is 5.46. The first-order valence-corrected chi connectivity index (χ1v) is 11.2. The van der Waals surface area contributed by atoms with E-state index in [4.69, 9.17) is 4.74 Å². The Kier molecular flexibility index (Phi) is 6.24. The van der Waals surface area contributed by atoms with Crippen molar-refractivity contribution in [3.8, 4) is 5.75 Å². The second kappa shape index (κ2) is 9.14. The fraction of sp³-hybridized carbons (Fsp3) is 0.250. The molecule has 4 rings (SSSR count). The van der Waals surface area contributed by atoms with Crippen LogP contribution in [0.25, 0.3) is 5.76 Å². The highest BCUT2D eigenvalue weighted by Gasteiger charge is 2.47. The van der Waals surface area contributed by atoms with Crippen LogP contribution < -0.4 is 9.64 Å². The van der Waals surface area contributed by atoms with Crippen LogP contribution >= 0.6 is 0 Å². The zero-order valence-electron chi connectivity index (χ0n) is 20.0. The standard InChI is InChI=1S/C28H28N2O4/c1-16(2)21-15-19(10-12-23(21)34-5)26(31)24-25(22-8-6-7-13-29-22)30(28(33)27(24)32)20-11-9-17(3)18(4)14-20/h6-16,25,31H,1-5H3/b26-24-. The summed E-state index contributed by atoms with van der Waals surface area (Å²) in [5.41, 5.74) is 4.51. The van der Waals surface area contributed by atoms with Gasteiger partial charge in [-0.15, -0.1) is 0 Å². The van der Waals surface area contributed by atoms with Crippen LogP contribution in [0.4, 0.5) is 5.69 Å². The second-order valence-corrected chi connectivity index (χ2v) is 8.80. The molecule has 6 nitrogen and oxygen atoms in total. The van der Waals surface area contributed by atoms with Gasteiger partial charge in [0.25, 0.3) is 11.7 Å². The minimum atomic E-state index is -0.854. The number of benzene rings is 2. The number of aliphatic hydroxyl groups is 1. The number of aryl methyl sites for hydroxylation is 2. The minimum absolute atomic E-state index is 0.0156. The highest BCUT2D eigenvalue weighted by molar-refractivity contribution is 6.51. The summed E-state index contributed by atoms with van der Waals surface area (Å²) < 4.78 is 5.45. The van der Waals surface area contributed by atoms with Crippen LogP contribution in [0.15, 0.2) is 66.4 Å². The zero-order chi connectivity index (χ0) is 24.6. The van der Waals surface area contributed by atoms with Gasteiger partial charge in [-0.3, -0.25) is 19.5 Å². The molecule has 2 aromatic carbocycles. The third kappa shape index (κ3) is 3.96. The van der Waals surface area contributed by atoms with Gasteiger partial charge in [0.05, 0.1) is 18.4 Å². The summed E-state index contributed by atoms with van der Waals surface area (Å²) in [5.74, 6) is -0.841. The van der Waals surface area contributed by atoms with Crippen molar-refractivity contribution < 1.29 is 19.4 Å². The number of hydrogen-bond donors (Lipinski definition) is 1. The summed E-state index contributed by atoms with van der Waals surface area (Å²) in [7, 11) is 1.59. The van der Waals surface area contributed by atoms with Gasteiger partial charge in [-0.25, -0.2) is 0 Å². The number of amides is 1. The molecule has 174 valence electrons. The summed E-state index contributed by atoms with van der Waals surface area (Å²) in [6.45, 7) is 7.98. The molecule has 0 bridgehead atoms. The zero-order valence-corrected chi connectivity index (χ0v) is 20.0. The molecule has 1 unspecified atom stereocenters. The van der Waals surface area contributed by atoms with Crippen LogP contribution in [0.1, 0.15) is 53.8 Å². The topological polar surface area (TPSA) is 79.7 Å². The molecule has 1 N–H and O–H groups in total. The Morgan fingerprint density at radius 1 is 1.03 bits per heavy atom. The van der Waals surface area contributed by atoms with Gasteiger partial charge in [-0.05, 0) is 78.9 Å². The number of carbonyl (C=O) groups excluding carboxylic acids is 2. The number of rotatable bonds is 5. The SMILES string of the molecule is COc1ccc(/C(O)=C2/C(=O)C(=O)N(c3ccc(C)c(C)c3)C2c2ccccn2)cc1C(C)C. The molecule has 1 atom stereocenters. The number of methoxy groups -OCH3 is 1. The van der Waals surface area contributed by atoms with Gasteiger partial charge in [-0.1, -0.05) is 26.0 Å². The number of carbonyl (C=O) groups is 2. The third-order valence-electron chi connectivity index (χ3n) is 6.31. The van der Waals surface area contributed by atoms with E-state index in [2.05, 4.69) is 4.98 Å². The van der Waals surface area contributed by atoms with Crippen molar-refractivity contribution in [2.75, 3.05) is 12.0 Å². The Balaban J connectivity index is 1.94. The van der Waals surface area contributed by atoms with Crippen LogP contribution in [0.3, 0.4) is 0 Å². The number of aliphatic hydroxyl groups excluding tert-OH is 1. The molecule has 0 aliphatic carbocycles. The lowest BCUT2D eigenvalue weighted by Gasteiger charge is -2.25. The van der Waals surface area contributed by atoms with E-state index >= 15 is 0 Å². The van der Waals surface area contributed by atoms with Crippen LogP contribution in [-0.4, -0.2) is 28.9 Å². The molecule has 34 heavy (non-hydrogen) atoms. The largest absolute Gasteiger partial charge is 0.507 e. The Morgan fingerprint density at radius 3 is 2.41 bits per heavy atom. The highest BCUT2D eigenvalue weighted by atomic mass is 16.5. The van der Waals surface area contributed by atoms with Gasteiger partial charge < -0.3 is 9.84 Å². The van der Waals surface area contributed by atoms with Crippen molar-refractivity contribution in [3.63, 3.8) is 0 Å². The highest BCUT2D eigenvalue weighted by Crippen LogP contribution is 2.42. The summed E-state index contributed by atoms with van der Waals surface area (Å²) in [5, 5.41) is 11.4. The average molecular weight is 457 g/mol. The Bertz CT molecular complexity index is 1300. The van der Waals surface area contributed by atoms with Crippen LogP contribution in [-0.2, 0) is 9.59 Å². The molecule has 0 spiro atoms. The van der Waals surface area contributed by atoms with Gasteiger partial charge in [0, 0.05) is 17.4 Å². The number of hydrogen-bond acceptors (Lipinski definition) is 5. The summed E-state index contributed by atoms with van der Waals surface area (Å²) in [6, 6.07) is 15.3. The quantitative estimate of drug-likeness (QED) is 0.313. The molecule has 6 heteroatoms. The van der Waals surface area contributed by atoms with Gasteiger partial charge in [0.2, 0.25) is 0 Å². The molecule has 1 amide bonds. The number of aromatic nitrogens is 1. The average Bonchev–Trinajstić information content (AvgIpc) is 3.11. The summed E-state index contributed by atoms with van der Waals surface area (Å²) >= 11 is 0. The van der Waals surface area contributed by atoms with Crippen molar-refractivity contribution >= 4 is 23.1 Å². The molecule has 1 fully saturated rings. The molecule has 1 aliphatic rings. The molecule has 2 heterocycles. The molecule has 0 saturated carbocycles. The number of Topliss-reactive ketones (excluding diaryl/α,β-unsaturated/α-hetero) is 1. The first-order valence-electron chi connectivity index (χ1n) is 11.2. The maximum Gasteiger partial charge on any atom is 0.300 e. The van der Waals surface area contributed by atoms with Gasteiger partial charge >= 0.3 is 0 Å². The van der Waals surface area contributed by atoms with Crippen LogP contribution in [0.2, 0.25) is 0 Å². The van der Waals surface area contributed by atoms with Crippen molar-refractivity contribution in [2.45, 2.75) is 39.7 Å². The van der Waals surface area contributed by atoms with Crippen LogP contribution in [0, 0.1) is 13.8 Å². The van der Waals surface area contributed by atoms with Gasteiger partial charge in [-0.2, -0.15) is 0 Å². The van der Waals surface area contributed by atoms with Crippen molar-refractivity contribution in [1.29, 1.82) is 0 Å². The van der Waals surface area contributed by atoms with E-state index in [0.29, 0.717) is 22.7 Å². The Labute approximate surface area is 199 Å². The fourth-order valence-corrected chi connectivity index (χ4v) is 4.28. The number of pyridine rings is 1. The first-order chi connectivity index (χ1) is 16.2. The molecule has 1 aromatic heterocycles. The lowest BCUT2D eigenvalue weighted by molar-refractivity contribution is -0.132. The summed E-state index contributed by atoms with van der Waals surface area (Å²) in [4.78, 5) is 32.5. The van der Waals surface area contributed by atoms with Crippen molar-refractivity contribution in [1.82, 2.24) is 4.98 Å². The lowest BCUT2D eigenvalue weighted by atomic mass is 9.94. The molecular weight excluding hydrogens is 428 g/mol. The smallest absolute Gasteiger partial charge is 0.300 e. The van der Waals surface area contributed by atoms with E-state index in [0.717, 1.165) is 16.7 Å². The maximum atomic E-state index is 13.3. The molecule has 3 aromatic rings. The number of anilines is 1. The van der Waals surface area contributed by atoms with E-state index in [1.54, 1.807) is 49.7 Å². The van der Waals surface area contributed by atoms with E-state index < -0.39 is 17.7 Å². The normalized spacial score (nSPS) is 17.5. The van der Waals surface area contributed by atoms with Gasteiger partial charge in [0.1, 0.15) is 17.6 Å². The molecular formula is C28H28N2O4. The van der Waals surface area contributed by atoms with Crippen molar-refractivity contribution in [2.24, 2.45) is 0 Å². The monoisotopic (exact) mass is 456 g/mol. The Hall–Kier alpha value is -3.93. The predicted molar refractivity (Wildman–Crippen MR) is 132 cm³/mol. The fourth-order valence-electron chi connectivity index (χ4n) is 4.28. The van der Waals surface area contributed by atoms with E-state index in [-0.39, 0.29) is 17.3 Å². The van der Waals surface area contributed by atoms with E-state index in [1.165, 1.54) is 4.90 Å². The molecule has 1 saturated heterocycles. The van der Waals surface area contributed by atoms with Crippen molar-refractivity contribution in [3.05, 3.63) is 94.3 Å². The van der Waals surface area contributed by atoms with E-state index in [1.807, 2.05) is 45.9 Å². The molecule has 0 radical (unpaired) electrons. The minimum Gasteiger partial charge on any atom is -0.507 e. The molecule has 1 aliphatic heterocycles. The van der Waals surface area contributed by atoms with E-state index in [9.17, 15) is 14.7 Å². The Morgan fingerprint density at radius 2 is 1.79 bits per heavy atom. The number of ketones is 1. The lowest BCUT2D eigenvalue weighted by Crippen LogP contribution is -2.29. The summed E-state index contributed by atoms with van der Waals surface area (Å²) in [6.07, 6.45) is 1.61. The van der Waals surface area contributed by atoms with Gasteiger partial charge in [0.15, 0.2) is 0 Å². The maximum absolute atomic E-state index is 13.3. The third-order valence-corrected chi connectivity index (χ3v) is 6.31. The van der Waals surface area contributed by atoms with Crippen LogP contribution in [0.5, 0.6) is 5.75 Å². The second-order valence-electron chi connectivity index (χ2n) is 8.80. The first kappa shape index (κ1) is 23.2. The number of ether oxygens (including phenoxy) is 1.